The molecule has 1 saturated carbocycles. The summed E-state index contributed by atoms with van der Waals surface area (Å²) in [4.78, 5) is 38.2. The summed E-state index contributed by atoms with van der Waals surface area (Å²) in [5.74, 6) is -0.399. The molecule has 1 fully saturated rings. The summed E-state index contributed by atoms with van der Waals surface area (Å²) in [6.07, 6.45) is 7.93. The van der Waals surface area contributed by atoms with E-state index in [2.05, 4.69) is 32.5 Å². The lowest BCUT2D eigenvalue weighted by Crippen LogP contribution is -2.53. The van der Waals surface area contributed by atoms with E-state index >= 15 is 0 Å². The molecule has 1 aliphatic carbocycles. The number of amides is 2. The minimum Gasteiger partial charge on any atom is -0.346 e. The van der Waals surface area contributed by atoms with E-state index in [4.69, 9.17) is 11.6 Å². The summed E-state index contributed by atoms with van der Waals surface area (Å²) in [7, 11) is 2.08. The fraction of sp³-hybridized carbons (Fsp3) is 0.455. The van der Waals surface area contributed by atoms with Gasteiger partial charge < -0.3 is 19.9 Å². The minimum absolute atomic E-state index is 0.129. The number of rotatable bonds is 4. The van der Waals surface area contributed by atoms with E-state index in [1.807, 2.05) is 0 Å². The van der Waals surface area contributed by atoms with Gasteiger partial charge in [-0.25, -0.2) is 9.97 Å². The second-order valence-electron chi connectivity index (χ2n) is 8.56. The van der Waals surface area contributed by atoms with Crippen molar-refractivity contribution in [2.45, 2.75) is 50.7 Å². The first-order valence-corrected chi connectivity index (χ1v) is 12.1. The van der Waals surface area contributed by atoms with Gasteiger partial charge in [0.2, 0.25) is 0 Å². The number of carbonyl (C=O) groups is 2. The van der Waals surface area contributed by atoms with E-state index in [0.717, 1.165) is 50.9 Å². The number of nitrogens with one attached hydrogen (secondary N) is 2. The lowest BCUT2D eigenvalue weighted by atomic mass is 9.90. The summed E-state index contributed by atoms with van der Waals surface area (Å²) >= 11 is 7.50. The molecule has 3 aromatic rings. The second kappa shape index (κ2) is 8.80. The Labute approximate surface area is 195 Å². The van der Waals surface area contributed by atoms with E-state index < -0.39 is 0 Å². The average molecular weight is 473 g/mol. The van der Waals surface area contributed by atoms with Crippen LogP contribution in [0.1, 0.15) is 56.5 Å². The van der Waals surface area contributed by atoms with Crippen LogP contribution in [0, 0.1) is 0 Å². The number of aromatic nitrogens is 3. The number of hydrogen-bond acceptors (Lipinski definition) is 6. The zero-order chi connectivity index (χ0) is 22.2. The Hall–Kier alpha value is -2.49. The normalized spacial score (nSPS) is 21.3. The van der Waals surface area contributed by atoms with E-state index in [0.29, 0.717) is 21.4 Å². The van der Waals surface area contributed by atoms with Gasteiger partial charge in [0, 0.05) is 48.9 Å². The number of halogens is 1. The largest absolute Gasteiger partial charge is 0.346 e. The molecular weight excluding hydrogens is 448 g/mol. The van der Waals surface area contributed by atoms with Crippen molar-refractivity contribution >= 4 is 40.4 Å². The Balaban J connectivity index is 1.27. The van der Waals surface area contributed by atoms with Crippen molar-refractivity contribution in [1.82, 2.24) is 29.9 Å². The Kier molecular flexibility index (Phi) is 5.88. The zero-order valence-electron chi connectivity index (χ0n) is 17.8. The van der Waals surface area contributed by atoms with Crippen molar-refractivity contribution in [2.24, 2.45) is 0 Å². The van der Waals surface area contributed by atoms with E-state index in [9.17, 15) is 9.59 Å². The van der Waals surface area contributed by atoms with E-state index in [1.165, 1.54) is 16.2 Å². The monoisotopic (exact) mass is 472 g/mol. The first kappa shape index (κ1) is 21.4. The number of nitrogens with zero attached hydrogens (tertiary/aromatic N) is 4. The lowest BCUT2D eigenvalue weighted by Gasteiger charge is -2.32. The molecule has 5 rings (SSSR count). The fourth-order valence-electron chi connectivity index (χ4n) is 4.44. The summed E-state index contributed by atoms with van der Waals surface area (Å²) in [5.41, 5.74) is 2.03. The SMILES string of the molecule is CN1CCc2nc(C(=O)N[C@H]3CCCC[C@H]3NC(=O)c3cn4cc(Cl)ccc4n3)sc2C1. The van der Waals surface area contributed by atoms with Gasteiger partial charge in [-0.3, -0.25) is 9.59 Å². The highest BCUT2D eigenvalue weighted by molar-refractivity contribution is 7.13. The van der Waals surface area contributed by atoms with Gasteiger partial charge in [-0.05, 0) is 32.0 Å². The number of hydrogen-bond donors (Lipinski definition) is 2. The second-order valence-corrected chi connectivity index (χ2v) is 10.1. The molecule has 3 aromatic heterocycles. The minimum atomic E-state index is -0.247. The maximum absolute atomic E-state index is 12.9. The highest BCUT2D eigenvalue weighted by Gasteiger charge is 2.30. The van der Waals surface area contributed by atoms with Crippen LogP contribution in [-0.4, -0.2) is 56.8 Å². The van der Waals surface area contributed by atoms with E-state index in [1.54, 1.807) is 28.9 Å². The number of fused-ring (bicyclic) bond motifs is 2. The quantitative estimate of drug-likeness (QED) is 0.609. The molecule has 0 bridgehead atoms. The zero-order valence-corrected chi connectivity index (χ0v) is 19.4. The Morgan fingerprint density at radius 2 is 1.84 bits per heavy atom. The molecule has 2 amide bonds. The molecule has 2 N–H and O–H groups in total. The molecule has 168 valence electrons. The van der Waals surface area contributed by atoms with Crippen molar-refractivity contribution in [2.75, 3.05) is 13.6 Å². The Morgan fingerprint density at radius 3 is 2.62 bits per heavy atom. The van der Waals surface area contributed by atoms with Crippen LogP contribution >= 0.6 is 22.9 Å². The molecular formula is C22H25ClN6O2S. The highest BCUT2D eigenvalue weighted by atomic mass is 35.5. The number of likely N-dealkylation sites (N-methyl/N-ethyl adjacent to an activating group) is 1. The molecule has 1 aliphatic heterocycles. The number of imidazole rings is 1. The molecule has 2 aliphatic rings. The standard InChI is InChI=1S/C22H25ClN6O2S/c1-28-9-8-16-18(12-28)32-22(27-16)21(31)26-15-5-3-2-4-14(15)25-20(30)17-11-29-10-13(23)6-7-19(29)24-17/h6-7,10-11,14-15H,2-5,8-9,12H2,1H3,(H,25,30)(H,26,31)/t14-,15+/m1/s1. The molecule has 0 aromatic carbocycles. The van der Waals surface area contributed by atoms with Crippen molar-refractivity contribution in [3.05, 3.63) is 50.8 Å². The van der Waals surface area contributed by atoms with Crippen molar-refractivity contribution in [3.8, 4) is 0 Å². The summed E-state index contributed by atoms with van der Waals surface area (Å²) in [5, 5.41) is 7.31. The summed E-state index contributed by atoms with van der Waals surface area (Å²) < 4.78 is 1.74. The maximum atomic E-state index is 12.9. The third-order valence-electron chi connectivity index (χ3n) is 6.16. The van der Waals surface area contributed by atoms with Gasteiger partial charge in [0.25, 0.3) is 11.8 Å². The van der Waals surface area contributed by atoms with Crippen LogP contribution in [-0.2, 0) is 13.0 Å². The van der Waals surface area contributed by atoms with Gasteiger partial charge in [0.05, 0.1) is 10.7 Å². The van der Waals surface area contributed by atoms with Crippen LogP contribution in [0.25, 0.3) is 5.65 Å². The van der Waals surface area contributed by atoms with Crippen LogP contribution < -0.4 is 10.6 Å². The van der Waals surface area contributed by atoms with Gasteiger partial charge in [-0.15, -0.1) is 11.3 Å². The smallest absolute Gasteiger partial charge is 0.280 e. The van der Waals surface area contributed by atoms with Crippen LogP contribution in [0.2, 0.25) is 5.02 Å². The molecule has 8 nitrogen and oxygen atoms in total. The predicted octanol–water partition coefficient (Wildman–Crippen LogP) is 2.90. The van der Waals surface area contributed by atoms with Crippen LogP contribution in [0.15, 0.2) is 24.5 Å². The van der Waals surface area contributed by atoms with Crippen molar-refractivity contribution in [3.63, 3.8) is 0 Å². The summed E-state index contributed by atoms with van der Waals surface area (Å²) in [6, 6.07) is 3.24. The van der Waals surface area contributed by atoms with Crippen molar-refractivity contribution in [1.29, 1.82) is 0 Å². The lowest BCUT2D eigenvalue weighted by molar-refractivity contribution is 0.0860. The molecule has 0 saturated heterocycles. The average Bonchev–Trinajstić information content (AvgIpc) is 3.38. The summed E-state index contributed by atoms with van der Waals surface area (Å²) in [6.45, 7) is 1.80. The molecule has 10 heteroatoms. The number of pyridine rings is 1. The third kappa shape index (κ3) is 4.37. The molecule has 4 heterocycles. The first-order chi connectivity index (χ1) is 15.5. The van der Waals surface area contributed by atoms with Crippen molar-refractivity contribution < 1.29 is 9.59 Å². The van der Waals surface area contributed by atoms with Gasteiger partial charge in [-0.2, -0.15) is 0 Å². The third-order valence-corrected chi connectivity index (χ3v) is 7.47. The molecule has 0 radical (unpaired) electrons. The number of carbonyl (C=O) groups excluding carboxylic acids is 2. The van der Waals surface area contributed by atoms with Gasteiger partial charge in [0.1, 0.15) is 11.3 Å². The molecule has 0 unspecified atom stereocenters. The Bertz CT molecular complexity index is 1170. The van der Waals surface area contributed by atoms with Crippen LogP contribution in [0.4, 0.5) is 0 Å². The van der Waals surface area contributed by atoms with Crippen LogP contribution in [0.3, 0.4) is 0 Å². The number of thiazole rings is 1. The highest BCUT2D eigenvalue weighted by Crippen LogP contribution is 2.25. The molecule has 32 heavy (non-hydrogen) atoms. The predicted molar refractivity (Wildman–Crippen MR) is 123 cm³/mol. The molecule has 2 atom stereocenters. The van der Waals surface area contributed by atoms with Gasteiger partial charge in [0.15, 0.2) is 5.01 Å². The van der Waals surface area contributed by atoms with E-state index in [-0.39, 0.29) is 23.9 Å². The maximum Gasteiger partial charge on any atom is 0.280 e. The topological polar surface area (TPSA) is 91.6 Å². The van der Waals surface area contributed by atoms with Gasteiger partial charge in [-0.1, -0.05) is 24.4 Å². The Morgan fingerprint density at radius 1 is 1.09 bits per heavy atom. The molecule has 0 spiro atoms. The first-order valence-electron chi connectivity index (χ1n) is 10.9. The van der Waals surface area contributed by atoms with Gasteiger partial charge >= 0.3 is 0 Å². The fourth-order valence-corrected chi connectivity index (χ4v) is 5.70. The van der Waals surface area contributed by atoms with Crippen LogP contribution in [0.5, 0.6) is 0 Å².